The highest BCUT2D eigenvalue weighted by Gasteiger charge is 2.26. The summed E-state index contributed by atoms with van der Waals surface area (Å²) in [4.78, 5) is 24.3. The van der Waals surface area contributed by atoms with Crippen molar-refractivity contribution in [3.8, 4) is 0 Å². The van der Waals surface area contributed by atoms with Crippen LogP contribution >= 0.6 is 0 Å². The van der Waals surface area contributed by atoms with Crippen molar-refractivity contribution in [2.45, 2.75) is 40.7 Å². The highest BCUT2D eigenvalue weighted by molar-refractivity contribution is 6.02. The Morgan fingerprint density at radius 1 is 1.04 bits per heavy atom. The molecule has 0 aliphatic carbocycles. The molecule has 150 valence electrons. The van der Waals surface area contributed by atoms with E-state index < -0.39 is 11.9 Å². The molecule has 0 saturated heterocycles. The molecule has 5 nitrogen and oxygen atoms in total. The quantitative estimate of drug-likeness (QED) is 0.711. The number of benzene rings is 2. The number of hydrogen-bond acceptors (Lipinski definition) is 3. The van der Waals surface area contributed by atoms with Crippen molar-refractivity contribution in [2.24, 2.45) is 5.41 Å². The van der Waals surface area contributed by atoms with E-state index in [-0.39, 0.29) is 23.8 Å². The maximum Gasteiger partial charge on any atom is 0.325 e. The number of aryl methyl sites for hydroxylation is 2. The normalized spacial score (nSPS) is 12.4. The highest BCUT2D eigenvalue weighted by atomic mass is 19.1. The Kier molecular flexibility index (Phi) is 6.91. The van der Waals surface area contributed by atoms with Crippen LogP contribution in [-0.4, -0.2) is 18.5 Å². The topological polar surface area (TPSA) is 70.2 Å². The lowest BCUT2D eigenvalue weighted by Gasteiger charge is -2.32. The first-order valence-corrected chi connectivity index (χ1v) is 9.23. The predicted octanol–water partition coefficient (Wildman–Crippen LogP) is 4.47. The fraction of sp³-hybridized carbons (Fsp3) is 0.364. The van der Waals surface area contributed by atoms with Gasteiger partial charge in [-0.15, -0.1) is 0 Å². The molecular formula is C22H28FN3O2. The second-order valence-electron chi connectivity index (χ2n) is 8.05. The van der Waals surface area contributed by atoms with E-state index in [1.807, 2.05) is 46.8 Å². The number of anilines is 1. The van der Waals surface area contributed by atoms with Crippen molar-refractivity contribution in [3.05, 3.63) is 65.0 Å². The van der Waals surface area contributed by atoms with Crippen molar-refractivity contribution in [3.63, 3.8) is 0 Å². The molecule has 0 saturated carbocycles. The van der Waals surface area contributed by atoms with Crippen LogP contribution < -0.4 is 16.0 Å². The Morgan fingerprint density at radius 3 is 2.25 bits per heavy atom. The van der Waals surface area contributed by atoms with Crippen LogP contribution in [0.3, 0.4) is 0 Å². The number of carbonyl (C=O) groups excluding carboxylic acids is 2. The second-order valence-corrected chi connectivity index (χ2v) is 8.05. The van der Waals surface area contributed by atoms with Gasteiger partial charge >= 0.3 is 6.03 Å². The number of urea groups is 1. The van der Waals surface area contributed by atoms with Crippen LogP contribution in [0.25, 0.3) is 0 Å². The molecule has 0 aliphatic rings. The average molecular weight is 385 g/mol. The second kappa shape index (κ2) is 8.97. The molecule has 2 aromatic rings. The fourth-order valence-electron chi connectivity index (χ4n) is 3.05. The zero-order valence-electron chi connectivity index (χ0n) is 17.0. The monoisotopic (exact) mass is 385 g/mol. The number of carbonyl (C=O) groups is 2. The third-order valence-corrected chi connectivity index (χ3v) is 4.42. The first kappa shape index (κ1) is 21.6. The van der Waals surface area contributed by atoms with Crippen molar-refractivity contribution in [1.82, 2.24) is 10.6 Å². The number of amides is 3. The van der Waals surface area contributed by atoms with Crippen LogP contribution in [0.1, 0.15) is 43.5 Å². The molecule has 2 rings (SSSR count). The van der Waals surface area contributed by atoms with Gasteiger partial charge in [0.25, 0.3) is 0 Å². The zero-order valence-corrected chi connectivity index (χ0v) is 17.0. The van der Waals surface area contributed by atoms with Crippen LogP contribution in [0.2, 0.25) is 0 Å². The van der Waals surface area contributed by atoms with Gasteiger partial charge in [0.15, 0.2) is 0 Å². The fourth-order valence-corrected chi connectivity index (χ4v) is 3.05. The van der Waals surface area contributed by atoms with Gasteiger partial charge in [0, 0.05) is 11.7 Å². The molecule has 28 heavy (non-hydrogen) atoms. The molecule has 0 aromatic heterocycles. The van der Waals surface area contributed by atoms with E-state index in [1.54, 1.807) is 18.2 Å². The summed E-state index contributed by atoms with van der Waals surface area (Å²) in [6, 6.07) is 11.1. The van der Waals surface area contributed by atoms with Crippen LogP contribution in [0.5, 0.6) is 0 Å². The molecule has 1 unspecified atom stereocenters. The summed E-state index contributed by atoms with van der Waals surface area (Å²) < 4.78 is 13.2. The van der Waals surface area contributed by atoms with Gasteiger partial charge in [0.2, 0.25) is 5.91 Å². The minimum Gasteiger partial charge on any atom is -0.307 e. The summed E-state index contributed by atoms with van der Waals surface area (Å²) in [6.45, 7) is 9.90. The first-order valence-electron chi connectivity index (χ1n) is 9.23. The Labute approximate surface area is 165 Å². The molecule has 2 aromatic carbocycles. The summed E-state index contributed by atoms with van der Waals surface area (Å²) in [5, 5.41) is 8.18. The van der Waals surface area contributed by atoms with Gasteiger partial charge in [-0.25, -0.2) is 9.18 Å². The van der Waals surface area contributed by atoms with Crippen molar-refractivity contribution >= 4 is 17.6 Å². The summed E-state index contributed by atoms with van der Waals surface area (Å²) >= 11 is 0. The third kappa shape index (κ3) is 6.16. The van der Waals surface area contributed by atoms with Crippen LogP contribution in [0, 0.1) is 25.1 Å². The summed E-state index contributed by atoms with van der Waals surface area (Å²) in [5.74, 6) is -0.754. The highest BCUT2D eigenvalue weighted by Crippen LogP contribution is 2.32. The van der Waals surface area contributed by atoms with E-state index in [1.165, 1.54) is 12.1 Å². The van der Waals surface area contributed by atoms with Crippen LogP contribution in [0.4, 0.5) is 14.9 Å². The van der Waals surface area contributed by atoms with E-state index in [4.69, 9.17) is 0 Å². The maximum absolute atomic E-state index is 13.2. The summed E-state index contributed by atoms with van der Waals surface area (Å²) in [6.07, 6.45) is 0. The smallest absolute Gasteiger partial charge is 0.307 e. The lowest BCUT2D eigenvalue weighted by Crippen LogP contribution is -2.43. The summed E-state index contributed by atoms with van der Waals surface area (Å²) in [7, 11) is 0. The first-order chi connectivity index (χ1) is 13.1. The third-order valence-electron chi connectivity index (χ3n) is 4.42. The lowest BCUT2D eigenvalue weighted by atomic mass is 9.82. The van der Waals surface area contributed by atoms with E-state index in [0.29, 0.717) is 5.69 Å². The SMILES string of the molecule is Cc1ccc(NC(=O)NC(=O)CNC(c2ccc(F)cc2)C(C)(C)C)c(C)c1. The maximum atomic E-state index is 13.2. The van der Waals surface area contributed by atoms with E-state index in [2.05, 4.69) is 16.0 Å². The number of halogens is 1. The van der Waals surface area contributed by atoms with Gasteiger partial charge in [-0.1, -0.05) is 50.6 Å². The molecule has 1 atom stereocenters. The molecule has 0 fully saturated rings. The minimum absolute atomic E-state index is 0.0421. The van der Waals surface area contributed by atoms with Crippen molar-refractivity contribution in [2.75, 3.05) is 11.9 Å². The van der Waals surface area contributed by atoms with Crippen LogP contribution in [-0.2, 0) is 4.79 Å². The largest absolute Gasteiger partial charge is 0.325 e. The number of rotatable bonds is 5. The number of imide groups is 1. The van der Waals surface area contributed by atoms with Crippen molar-refractivity contribution < 1.29 is 14.0 Å². The standard InChI is InChI=1S/C22H28FN3O2/c1-14-6-11-18(15(2)12-14)25-21(28)26-19(27)13-24-20(22(3,4)5)16-7-9-17(23)10-8-16/h6-12,20,24H,13H2,1-5H3,(H2,25,26,27,28). The molecule has 0 heterocycles. The van der Waals surface area contributed by atoms with Crippen LogP contribution in [0.15, 0.2) is 42.5 Å². The van der Waals surface area contributed by atoms with Gasteiger partial charge in [-0.05, 0) is 48.6 Å². The van der Waals surface area contributed by atoms with Gasteiger partial charge in [0.1, 0.15) is 5.82 Å². The number of hydrogen-bond donors (Lipinski definition) is 3. The molecule has 3 N–H and O–H groups in total. The molecular weight excluding hydrogens is 357 g/mol. The number of nitrogens with one attached hydrogen (secondary N) is 3. The van der Waals surface area contributed by atoms with Gasteiger partial charge < -0.3 is 10.6 Å². The molecule has 0 bridgehead atoms. The van der Waals surface area contributed by atoms with Crippen molar-refractivity contribution in [1.29, 1.82) is 0 Å². The molecule has 0 radical (unpaired) electrons. The van der Waals surface area contributed by atoms with Gasteiger partial charge in [-0.2, -0.15) is 0 Å². The van der Waals surface area contributed by atoms with E-state index >= 15 is 0 Å². The Morgan fingerprint density at radius 2 is 1.68 bits per heavy atom. The lowest BCUT2D eigenvalue weighted by molar-refractivity contribution is -0.119. The Hall–Kier alpha value is -2.73. The molecule has 6 heteroatoms. The Balaban J connectivity index is 1.95. The van der Waals surface area contributed by atoms with Gasteiger partial charge in [0.05, 0.1) is 6.54 Å². The molecule has 0 aliphatic heterocycles. The van der Waals surface area contributed by atoms with E-state index in [0.717, 1.165) is 16.7 Å². The zero-order chi connectivity index (χ0) is 20.9. The van der Waals surface area contributed by atoms with E-state index in [9.17, 15) is 14.0 Å². The Bertz CT molecular complexity index is 842. The average Bonchev–Trinajstić information content (AvgIpc) is 2.58. The summed E-state index contributed by atoms with van der Waals surface area (Å²) in [5.41, 5.74) is 3.34. The molecule has 3 amide bonds. The predicted molar refractivity (Wildman–Crippen MR) is 110 cm³/mol. The minimum atomic E-state index is -0.576. The van der Waals surface area contributed by atoms with Gasteiger partial charge in [-0.3, -0.25) is 10.1 Å². The molecule has 0 spiro atoms.